The lowest BCUT2D eigenvalue weighted by Gasteiger charge is -2.09. The highest BCUT2D eigenvalue weighted by molar-refractivity contribution is 6.30. The fraction of sp³-hybridized carbons (Fsp3) is 0.143. The minimum atomic E-state index is -0.431. The predicted molar refractivity (Wildman–Crippen MR) is 78.4 cm³/mol. The number of hydrogen-bond donors (Lipinski definition) is 1. The molecule has 0 bridgehead atoms. The Morgan fingerprint density at radius 2 is 2.10 bits per heavy atom. The van der Waals surface area contributed by atoms with Gasteiger partial charge in [-0.25, -0.2) is 0 Å². The molecule has 0 aliphatic rings. The second kappa shape index (κ2) is 6.25. The van der Waals surface area contributed by atoms with Crippen molar-refractivity contribution < 1.29 is 9.66 Å². The van der Waals surface area contributed by atoms with Gasteiger partial charge in [0.15, 0.2) is 0 Å². The van der Waals surface area contributed by atoms with Gasteiger partial charge in [0.25, 0.3) is 5.69 Å². The fourth-order valence-corrected chi connectivity index (χ4v) is 2.00. The first-order valence-corrected chi connectivity index (χ1v) is 6.28. The summed E-state index contributed by atoms with van der Waals surface area (Å²) in [5.41, 5.74) is 1.36. The van der Waals surface area contributed by atoms with Gasteiger partial charge >= 0.3 is 0 Å². The first kappa shape index (κ1) is 14.1. The Kier molecular flexibility index (Phi) is 4.42. The molecule has 20 heavy (non-hydrogen) atoms. The van der Waals surface area contributed by atoms with E-state index in [4.69, 9.17) is 16.3 Å². The number of nitrogens with one attached hydrogen (secondary N) is 1. The van der Waals surface area contributed by atoms with Crippen LogP contribution in [-0.4, -0.2) is 12.0 Å². The number of nitro benzene ring substituents is 1. The van der Waals surface area contributed by atoms with Gasteiger partial charge in [-0.05, 0) is 23.8 Å². The van der Waals surface area contributed by atoms with Gasteiger partial charge in [-0.15, -0.1) is 0 Å². The maximum absolute atomic E-state index is 11.0. The van der Waals surface area contributed by atoms with E-state index in [1.54, 1.807) is 24.3 Å². The zero-order chi connectivity index (χ0) is 14.5. The minimum Gasteiger partial charge on any atom is -0.497 e. The third-order valence-electron chi connectivity index (χ3n) is 2.77. The summed E-state index contributed by atoms with van der Waals surface area (Å²) in [5.74, 6) is 0.559. The van der Waals surface area contributed by atoms with E-state index in [-0.39, 0.29) is 5.69 Å². The van der Waals surface area contributed by atoms with Crippen molar-refractivity contribution in [3.63, 3.8) is 0 Å². The van der Waals surface area contributed by atoms with Gasteiger partial charge in [0, 0.05) is 23.7 Å². The molecule has 0 atom stereocenters. The maximum Gasteiger partial charge on any atom is 0.292 e. The van der Waals surface area contributed by atoms with Crippen molar-refractivity contribution in [2.24, 2.45) is 0 Å². The van der Waals surface area contributed by atoms with Gasteiger partial charge in [0.05, 0.1) is 12.0 Å². The second-order valence-electron chi connectivity index (χ2n) is 4.12. The van der Waals surface area contributed by atoms with E-state index in [0.29, 0.717) is 23.0 Å². The number of rotatable bonds is 5. The molecule has 0 unspecified atom stereocenters. The molecular formula is C14H13ClN2O3. The lowest BCUT2D eigenvalue weighted by atomic mass is 10.2. The van der Waals surface area contributed by atoms with Crippen LogP contribution in [0.1, 0.15) is 5.56 Å². The van der Waals surface area contributed by atoms with Crippen LogP contribution in [0, 0.1) is 10.1 Å². The molecule has 0 amide bonds. The molecule has 0 aliphatic carbocycles. The molecular weight excluding hydrogens is 280 g/mol. The number of hydrogen-bond acceptors (Lipinski definition) is 4. The Hall–Kier alpha value is -2.27. The second-order valence-corrected chi connectivity index (χ2v) is 4.56. The lowest BCUT2D eigenvalue weighted by molar-refractivity contribution is -0.384. The summed E-state index contributed by atoms with van der Waals surface area (Å²) in [6.45, 7) is 0.439. The van der Waals surface area contributed by atoms with Crippen molar-refractivity contribution in [1.82, 2.24) is 0 Å². The van der Waals surface area contributed by atoms with Crippen LogP contribution in [0.15, 0.2) is 42.5 Å². The van der Waals surface area contributed by atoms with Crippen LogP contribution in [0.2, 0.25) is 5.02 Å². The maximum atomic E-state index is 11.0. The summed E-state index contributed by atoms with van der Waals surface area (Å²) in [5, 5.41) is 14.7. The monoisotopic (exact) mass is 292 g/mol. The molecule has 6 heteroatoms. The highest BCUT2D eigenvalue weighted by Gasteiger charge is 2.14. The standard InChI is InChI=1S/C14H13ClN2O3/c1-20-12-5-6-14(17(18)19)13(8-12)16-9-10-3-2-4-11(15)7-10/h2-8,16H,9H2,1H3. The molecule has 2 aromatic rings. The van der Waals surface area contributed by atoms with Crippen LogP contribution >= 0.6 is 11.6 Å². The summed E-state index contributed by atoms with van der Waals surface area (Å²) >= 11 is 5.90. The molecule has 2 rings (SSSR count). The first-order chi connectivity index (χ1) is 9.60. The van der Waals surface area contributed by atoms with Crippen molar-refractivity contribution in [2.75, 3.05) is 12.4 Å². The molecule has 0 saturated heterocycles. The van der Waals surface area contributed by atoms with Gasteiger partial charge in [0.2, 0.25) is 0 Å². The smallest absolute Gasteiger partial charge is 0.292 e. The summed E-state index contributed by atoms with van der Waals surface area (Å²) in [7, 11) is 1.52. The first-order valence-electron chi connectivity index (χ1n) is 5.91. The van der Waals surface area contributed by atoms with Crippen LogP contribution in [-0.2, 0) is 6.54 Å². The molecule has 5 nitrogen and oxygen atoms in total. The molecule has 0 radical (unpaired) electrons. The normalized spacial score (nSPS) is 10.1. The van der Waals surface area contributed by atoms with Gasteiger partial charge in [-0.1, -0.05) is 23.7 Å². The van der Waals surface area contributed by atoms with Gasteiger partial charge in [-0.2, -0.15) is 0 Å². The van der Waals surface area contributed by atoms with Gasteiger partial charge < -0.3 is 10.1 Å². The molecule has 0 aromatic heterocycles. The quantitative estimate of drug-likeness (QED) is 0.671. The number of halogens is 1. The highest BCUT2D eigenvalue weighted by atomic mass is 35.5. The number of methoxy groups -OCH3 is 1. The van der Waals surface area contributed by atoms with Gasteiger partial charge in [0.1, 0.15) is 11.4 Å². The van der Waals surface area contributed by atoms with Crippen molar-refractivity contribution in [3.05, 3.63) is 63.2 Å². The summed E-state index contributed by atoms with van der Waals surface area (Å²) in [6.07, 6.45) is 0. The van der Waals surface area contributed by atoms with Crippen LogP contribution in [0.5, 0.6) is 5.75 Å². The van der Waals surface area contributed by atoms with E-state index in [1.807, 2.05) is 12.1 Å². The Labute approximate surface area is 121 Å². The number of anilines is 1. The molecule has 104 valence electrons. The zero-order valence-electron chi connectivity index (χ0n) is 10.8. The lowest BCUT2D eigenvalue weighted by Crippen LogP contribution is -2.03. The van der Waals surface area contributed by atoms with Crippen LogP contribution in [0.25, 0.3) is 0 Å². The summed E-state index contributed by atoms with van der Waals surface area (Å²) < 4.78 is 5.08. The Morgan fingerprint density at radius 3 is 2.75 bits per heavy atom. The summed E-state index contributed by atoms with van der Waals surface area (Å²) in [6, 6.07) is 11.9. The largest absolute Gasteiger partial charge is 0.497 e. The van der Waals surface area contributed by atoms with E-state index in [2.05, 4.69) is 5.32 Å². The van der Waals surface area contributed by atoms with Crippen molar-refractivity contribution in [3.8, 4) is 5.75 Å². The third-order valence-corrected chi connectivity index (χ3v) is 3.01. The van der Waals surface area contributed by atoms with Crippen molar-refractivity contribution >= 4 is 23.0 Å². The van der Waals surface area contributed by atoms with E-state index in [0.717, 1.165) is 5.56 Å². The Balaban J connectivity index is 2.21. The molecule has 0 saturated carbocycles. The minimum absolute atomic E-state index is 0.00725. The SMILES string of the molecule is COc1ccc([N+](=O)[O-])c(NCc2cccc(Cl)c2)c1. The predicted octanol–water partition coefficient (Wildman–Crippen LogP) is 3.87. The van der Waals surface area contributed by atoms with Crippen molar-refractivity contribution in [1.29, 1.82) is 0 Å². The third kappa shape index (κ3) is 3.39. The van der Waals surface area contributed by atoms with Crippen LogP contribution in [0.3, 0.4) is 0 Å². The average Bonchev–Trinajstić information content (AvgIpc) is 2.44. The van der Waals surface area contributed by atoms with Crippen LogP contribution < -0.4 is 10.1 Å². The number of nitrogens with zero attached hydrogens (tertiary/aromatic N) is 1. The van der Waals surface area contributed by atoms with Gasteiger partial charge in [-0.3, -0.25) is 10.1 Å². The molecule has 0 heterocycles. The van der Waals surface area contributed by atoms with Crippen molar-refractivity contribution in [2.45, 2.75) is 6.54 Å². The number of nitro groups is 1. The summed E-state index contributed by atoms with van der Waals surface area (Å²) in [4.78, 5) is 10.6. The molecule has 0 aliphatic heterocycles. The van der Waals surface area contributed by atoms with E-state index < -0.39 is 4.92 Å². The molecule has 1 N–H and O–H groups in total. The molecule has 0 spiro atoms. The number of benzene rings is 2. The average molecular weight is 293 g/mol. The molecule has 0 fully saturated rings. The van der Waals surface area contributed by atoms with E-state index >= 15 is 0 Å². The zero-order valence-corrected chi connectivity index (χ0v) is 11.6. The Morgan fingerprint density at radius 1 is 1.30 bits per heavy atom. The topological polar surface area (TPSA) is 64.4 Å². The molecule has 2 aromatic carbocycles. The number of ether oxygens (including phenoxy) is 1. The Bertz CT molecular complexity index is 632. The van der Waals surface area contributed by atoms with E-state index in [9.17, 15) is 10.1 Å². The van der Waals surface area contributed by atoms with Crippen LogP contribution in [0.4, 0.5) is 11.4 Å². The fourth-order valence-electron chi connectivity index (χ4n) is 1.79. The van der Waals surface area contributed by atoms with E-state index in [1.165, 1.54) is 13.2 Å². The highest BCUT2D eigenvalue weighted by Crippen LogP contribution is 2.29.